The summed E-state index contributed by atoms with van der Waals surface area (Å²) in [6.07, 6.45) is 10.2. The first-order chi connectivity index (χ1) is 8.83. The van der Waals surface area contributed by atoms with Crippen molar-refractivity contribution < 1.29 is 4.79 Å². The average molecular weight is 238 g/mol. The second-order valence-electron chi connectivity index (χ2n) is 4.40. The van der Waals surface area contributed by atoms with Crippen molar-refractivity contribution in [2.24, 2.45) is 5.92 Å². The molecule has 0 fully saturated rings. The minimum atomic E-state index is -0.143. The van der Waals surface area contributed by atoms with Crippen molar-refractivity contribution in [3.8, 4) is 0 Å². The van der Waals surface area contributed by atoms with Crippen molar-refractivity contribution >= 4 is 6.03 Å². The van der Waals surface area contributed by atoms with Crippen LogP contribution in [0.1, 0.15) is 11.6 Å². The van der Waals surface area contributed by atoms with Gasteiger partial charge in [0.25, 0.3) is 0 Å². The Bertz CT molecular complexity index is 531. The molecule has 0 saturated heterocycles. The molecule has 0 radical (unpaired) electrons. The monoisotopic (exact) mass is 238 g/mol. The molecule has 3 nitrogen and oxygen atoms in total. The first-order valence-corrected chi connectivity index (χ1v) is 6.02. The van der Waals surface area contributed by atoms with Crippen LogP contribution in [0.4, 0.5) is 4.79 Å². The standard InChI is InChI=1S/C15H14N2O/c18-15-16-13(11-6-2-1-3-7-11)10-14(17-15)12-8-4-5-9-12/h1-10,12-13H,(H2,16,17,18). The Morgan fingerprint density at radius 2 is 1.72 bits per heavy atom. The highest BCUT2D eigenvalue weighted by Crippen LogP contribution is 2.24. The number of hydrogen-bond acceptors (Lipinski definition) is 1. The van der Waals surface area contributed by atoms with Gasteiger partial charge in [0.15, 0.2) is 0 Å². The van der Waals surface area contributed by atoms with Crippen LogP contribution < -0.4 is 10.6 Å². The third-order valence-corrected chi connectivity index (χ3v) is 3.16. The SMILES string of the molecule is O=C1NC(C2C=CC=C2)=CC(c2ccccc2)N1. The van der Waals surface area contributed by atoms with Crippen LogP contribution in [-0.2, 0) is 0 Å². The van der Waals surface area contributed by atoms with Crippen LogP contribution in [-0.4, -0.2) is 6.03 Å². The zero-order valence-electron chi connectivity index (χ0n) is 9.84. The molecule has 0 bridgehead atoms. The van der Waals surface area contributed by atoms with E-state index in [0.717, 1.165) is 11.3 Å². The molecule has 3 heteroatoms. The summed E-state index contributed by atoms with van der Waals surface area (Å²) in [5.74, 6) is 0.183. The van der Waals surface area contributed by atoms with E-state index in [4.69, 9.17) is 0 Å². The zero-order chi connectivity index (χ0) is 12.4. The molecule has 1 aromatic rings. The van der Waals surface area contributed by atoms with Crippen LogP contribution in [0.15, 0.2) is 66.4 Å². The van der Waals surface area contributed by atoms with Gasteiger partial charge in [-0.2, -0.15) is 0 Å². The van der Waals surface area contributed by atoms with Crippen LogP contribution in [0.3, 0.4) is 0 Å². The lowest BCUT2D eigenvalue weighted by atomic mass is 9.99. The third kappa shape index (κ3) is 2.07. The molecule has 1 unspecified atom stereocenters. The average Bonchev–Trinajstić information content (AvgIpc) is 2.93. The number of benzene rings is 1. The Hall–Kier alpha value is -2.29. The van der Waals surface area contributed by atoms with Crippen LogP contribution in [0, 0.1) is 5.92 Å². The Kier molecular flexibility index (Phi) is 2.73. The maximum atomic E-state index is 11.7. The molecule has 1 aromatic carbocycles. The summed E-state index contributed by atoms with van der Waals surface area (Å²) in [6, 6.07) is 9.76. The quantitative estimate of drug-likeness (QED) is 0.817. The van der Waals surface area contributed by atoms with Crippen LogP contribution in [0.5, 0.6) is 0 Å². The van der Waals surface area contributed by atoms with E-state index in [1.807, 2.05) is 42.5 Å². The lowest BCUT2D eigenvalue weighted by Gasteiger charge is -2.25. The number of hydrogen-bond donors (Lipinski definition) is 2. The van der Waals surface area contributed by atoms with E-state index in [2.05, 4.69) is 28.9 Å². The van der Waals surface area contributed by atoms with Gasteiger partial charge in [0.1, 0.15) is 0 Å². The van der Waals surface area contributed by atoms with Crippen molar-refractivity contribution in [1.82, 2.24) is 10.6 Å². The fourth-order valence-electron chi connectivity index (χ4n) is 2.24. The molecular formula is C15H14N2O. The summed E-state index contributed by atoms with van der Waals surface area (Å²) in [5.41, 5.74) is 2.04. The zero-order valence-corrected chi connectivity index (χ0v) is 9.84. The molecule has 3 rings (SSSR count). The van der Waals surface area contributed by atoms with Gasteiger partial charge in [-0.1, -0.05) is 54.6 Å². The number of allylic oxidation sites excluding steroid dienone is 3. The fraction of sp³-hybridized carbons (Fsp3) is 0.133. The van der Waals surface area contributed by atoms with Crippen molar-refractivity contribution in [1.29, 1.82) is 0 Å². The van der Waals surface area contributed by atoms with Gasteiger partial charge < -0.3 is 10.6 Å². The van der Waals surface area contributed by atoms with Gasteiger partial charge >= 0.3 is 6.03 Å². The third-order valence-electron chi connectivity index (χ3n) is 3.16. The summed E-state index contributed by atoms with van der Waals surface area (Å²) in [4.78, 5) is 11.7. The summed E-state index contributed by atoms with van der Waals surface area (Å²) in [7, 11) is 0. The van der Waals surface area contributed by atoms with Crippen molar-refractivity contribution in [2.45, 2.75) is 6.04 Å². The van der Waals surface area contributed by atoms with Crippen LogP contribution >= 0.6 is 0 Å². The van der Waals surface area contributed by atoms with Gasteiger partial charge in [-0.25, -0.2) is 4.79 Å². The first-order valence-electron chi connectivity index (χ1n) is 6.02. The Balaban J connectivity index is 1.91. The van der Waals surface area contributed by atoms with E-state index in [1.165, 1.54) is 0 Å². The molecule has 90 valence electrons. The van der Waals surface area contributed by atoms with E-state index < -0.39 is 0 Å². The Labute approximate surface area is 106 Å². The van der Waals surface area contributed by atoms with Gasteiger partial charge in [-0.15, -0.1) is 0 Å². The molecular weight excluding hydrogens is 224 g/mol. The second kappa shape index (κ2) is 4.53. The Morgan fingerprint density at radius 1 is 1.00 bits per heavy atom. The molecule has 1 aliphatic heterocycles. The van der Waals surface area contributed by atoms with Gasteiger partial charge in [0, 0.05) is 11.6 Å². The minimum Gasteiger partial charge on any atom is -0.327 e. The highest BCUT2D eigenvalue weighted by molar-refractivity contribution is 5.78. The molecule has 18 heavy (non-hydrogen) atoms. The van der Waals surface area contributed by atoms with Crippen LogP contribution in [0.2, 0.25) is 0 Å². The topological polar surface area (TPSA) is 41.1 Å². The number of urea groups is 1. The fourth-order valence-corrected chi connectivity index (χ4v) is 2.24. The molecule has 0 spiro atoms. The molecule has 0 aromatic heterocycles. The molecule has 2 N–H and O–H groups in total. The van der Waals surface area contributed by atoms with E-state index in [-0.39, 0.29) is 18.0 Å². The van der Waals surface area contributed by atoms with E-state index in [9.17, 15) is 4.79 Å². The molecule has 1 atom stereocenters. The van der Waals surface area contributed by atoms with Gasteiger partial charge in [0.2, 0.25) is 0 Å². The van der Waals surface area contributed by atoms with Crippen molar-refractivity contribution in [3.05, 3.63) is 72.0 Å². The molecule has 2 aliphatic rings. The number of nitrogens with one attached hydrogen (secondary N) is 2. The minimum absolute atomic E-state index is 0.0580. The summed E-state index contributed by atoms with van der Waals surface area (Å²) in [5, 5.41) is 5.78. The smallest absolute Gasteiger partial charge is 0.319 e. The molecule has 0 saturated carbocycles. The second-order valence-corrected chi connectivity index (χ2v) is 4.40. The van der Waals surface area contributed by atoms with Gasteiger partial charge in [-0.3, -0.25) is 0 Å². The van der Waals surface area contributed by atoms with E-state index >= 15 is 0 Å². The molecule has 2 amide bonds. The predicted octanol–water partition coefficient (Wildman–Crippen LogP) is 2.67. The largest absolute Gasteiger partial charge is 0.327 e. The predicted molar refractivity (Wildman–Crippen MR) is 70.7 cm³/mol. The number of carbonyl (C=O) groups excluding carboxylic acids is 1. The van der Waals surface area contributed by atoms with Gasteiger partial charge in [-0.05, 0) is 11.6 Å². The number of carbonyl (C=O) groups is 1. The summed E-state index contributed by atoms with van der Waals surface area (Å²) < 4.78 is 0. The normalized spacial score (nSPS) is 22.6. The molecule has 1 heterocycles. The maximum absolute atomic E-state index is 11.7. The maximum Gasteiger partial charge on any atom is 0.319 e. The van der Waals surface area contributed by atoms with E-state index in [0.29, 0.717) is 0 Å². The summed E-state index contributed by atoms with van der Waals surface area (Å²) >= 11 is 0. The lowest BCUT2D eigenvalue weighted by molar-refractivity contribution is 0.238. The first kappa shape index (κ1) is 10.8. The number of amides is 2. The highest BCUT2D eigenvalue weighted by atomic mass is 16.2. The number of rotatable bonds is 2. The van der Waals surface area contributed by atoms with E-state index in [1.54, 1.807) is 0 Å². The van der Waals surface area contributed by atoms with Crippen molar-refractivity contribution in [2.75, 3.05) is 0 Å². The van der Waals surface area contributed by atoms with Crippen LogP contribution in [0.25, 0.3) is 0 Å². The van der Waals surface area contributed by atoms with Gasteiger partial charge in [0.05, 0.1) is 6.04 Å². The Morgan fingerprint density at radius 3 is 2.44 bits per heavy atom. The molecule has 1 aliphatic carbocycles. The highest BCUT2D eigenvalue weighted by Gasteiger charge is 2.22. The van der Waals surface area contributed by atoms with Crippen molar-refractivity contribution in [3.63, 3.8) is 0 Å². The lowest BCUT2D eigenvalue weighted by Crippen LogP contribution is -2.42. The summed E-state index contributed by atoms with van der Waals surface area (Å²) in [6.45, 7) is 0.